The maximum absolute atomic E-state index is 12.4. The SMILES string of the molecule is Cc1cccc(C(=O)Nc2ccc(C(=O)NNC(=O)c3ccc(OCC4CCCO4)cc3)cc2)c1. The number of amides is 3. The molecule has 180 valence electrons. The number of anilines is 1. The Morgan fingerprint density at radius 3 is 2.11 bits per heavy atom. The molecule has 1 saturated heterocycles. The average molecular weight is 474 g/mol. The molecule has 1 unspecified atom stereocenters. The summed E-state index contributed by atoms with van der Waals surface area (Å²) >= 11 is 0. The molecule has 3 amide bonds. The van der Waals surface area contributed by atoms with Gasteiger partial charge in [-0.15, -0.1) is 0 Å². The predicted molar refractivity (Wildman–Crippen MR) is 131 cm³/mol. The van der Waals surface area contributed by atoms with E-state index in [0.29, 0.717) is 34.7 Å². The third-order valence-electron chi connectivity index (χ3n) is 5.55. The highest BCUT2D eigenvalue weighted by molar-refractivity contribution is 6.05. The van der Waals surface area contributed by atoms with E-state index in [1.165, 1.54) is 0 Å². The largest absolute Gasteiger partial charge is 0.491 e. The minimum absolute atomic E-state index is 0.117. The zero-order valence-electron chi connectivity index (χ0n) is 19.4. The third-order valence-corrected chi connectivity index (χ3v) is 5.55. The van der Waals surface area contributed by atoms with Crippen molar-refractivity contribution >= 4 is 23.4 Å². The van der Waals surface area contributed by atoms with Crippen LogP contribution in [-0.2, 0) is 4.74 Å². The van der Waals surface area contributed by atoms with E-state index >= 15 is 0 Å². The van der Waals surface area contributed by atoms with E-state index in [9.17, 15) is 14.4 Å². The van der Waals surface area contributed by atoms with Gasteiger partial charge in [0.25, 0.3) is 17.7 Å². The van der Waals surface area contributed by atoms with Crippen molar-refractivity contribution in [3.8, 4) is 5.75 Å². The molecule has 3 aromatic carbocycles. The molecule has 0 bridgehead atoms. The van der Waals surface area contributed by atoms with Crippen molar-refractivity contribution in [3.05, 3.63) is 95.1 Å². The number of ether oxygens (including phenoxy) is 2. The zero-order chi connectivity index (χ0) is 24.6. The van der Waals surface area contributed by atoms with Crippen molar-refractivity contribution in [2.24, 2.45) is 0 Å². The molecule has 8 heteroatoms. The standard InChI is InChI=1S/C27H27N3O5/c1-18-4-2-5-21(16-18)25(31)28-22-11-7-19(8-12-22)26(32)29-30-27(33)20-9-13-23(14-10-20)35-17-24-6-3-15-34-24/h2,4-5,7-14,16,24H,3,6,15,17H2,1H3,(H,28,31)(H,29,32)(H,30,33). The van der Waals surface area contributed by atoms with Crippen LogP contribution in [0.4, 0.5) is 5.69 Å². The van der Waals surface area contributed by atoms with E-state index < -0.39 is 11.8 Å². The van der Waals surface area contributed by atoms with Crippen molar-refractivity contribution in [3.63, 3.8) is 0 Å². The number of aryl methyl sites for hydroxylation is 1. The van der Waals surface area contributed by atoms with Gasteiger partial charge in [-0.3, -0.25) is 25.2 Å². The minimum Gasteiger partial charge on any atom is -0.491 e. The van der Waals surface area contributed by atoms with Gasteiger partial charge in [-0.05, 0) is 80.4 Å². The van der Waals surface area contributed by atoms with Gasteiger partial charge >= 0.3 is 0 Å². The van der Waals surface area contributed by atoms with Crippen LogP contribution in [0.5, 0.6) is 5.75 Å². The Morgan fingerprint density at radius 2 is 1.51 bits per heavy atom. The first kappa shape index (κ1) is 24.0. The van der Waals surface area contributed by atoms with Gasteiger partial charge in [-0.25, -0.2) is 0 Å². The molecule has 3 N–H and O–H groups in total. The zero-order valence-corrected chi connectivity index (χ0v) is 19.4. The van der Waals surface area contributed by atoms with Crippen LogP contribution in [0.1, 0.15) is 49.5 Å². The summed E-state index contributed by atoms with van der Waals surface area (Å²) in [5.41, 5.74) is 7.60. The number of carbonyl (C=O) groups is 3. The Kier molecular flexibility index (Phi) is 7.74. The summed E-state index contributed by atoms with van der Waals surface area (Å²) in [6.45, 7) is 3.17. The van der Waals surface area contributed by atoms with E-state index in [1.54, 1.807) is 60.7 Å². The van der Waals surface area contributed by atoms with Crippen LogP contribution in [0.2, 0.25) is 0 Å². The fourth-order valence-corrected chi connectivity index (χ4v) is 3.62. The number of nitrogens with one attached hydrogen (secondary N) is 3. The van der Waals surface area contributed by atoms with Gasteiger partial charge in [0, 0.05) is 29.0 Å². The van der Waals surface area contributed by atoms with E-state index in [0.717, 1.165) is 25.0 Å². The molecule has 4 rings (SSSR count). The highest BCUT2D eigenvalue weighted by Gasteiger charge is 2.16. The third kappa shape index (κ3) is 6.68. The fraction of sp³-hybridized carbons (Fsp3) is 0.222. The monoisotopic (exact) mass is 473 g/mol. The lowest BCUT2D eigenvalue weighted by atomic mass is 10.1. The summed E-state index contributed by atoms with van der Waals surface area (Å²) in [5, 5.41) is 2.79. The number of rotatable bonds is 7. The molecule has 1 aliphatic rings. The lowest BCUT2D eigenvalue weighted by Crippen LogP contribution is -2.41. The maximum atomic E-state index is 12.4. The molecule has 1 fully saturated rings. The Hall–Kier alpha value is -4.17. The summed E-state index contributed by atoms with van der Waals surface area (Å²) in [5.74, 6) is -0.519. The van der Waals surface area contributed by atoms with Gasteiger partial charge in [0.1, 0.15) is 12.4 Å². The van der Waals surface area contributed by atoms with Crippen LogP contribution >= 0.6 is 0 Å². The van der Waals surface area contributed by atoms with Crippen molar-refractivity contribution < 1.29 is 23.9 Å². The Bertz CT molecular complexity index is 1190. The van der Waals surface area contributed by atoms with Crippen molar-refractivity contribution in [1.82, 2.24) is 10.9 Å². The second-order valence-corrected chi connectivity index (χ2v) is 8.28. The summed E-state index contributed by atoms with van der Waals surface area (Å²) in [6, 6.07) is 20.3. The highest BCUT2D eigenvalue weighted by atomic mass is 16.5. The minimum atomic E-state index is -0.480. The van der Waals surface area contributed by atoms with Crippen LogP contribution in [-0.4, -0.2) is 37.0 Å². The molecule has 1 atom stereocenters. The van der Waals surface area contributed by atoms with Gasteiger partial charge in [0.2, 0.25) is 0 Å². The lowest BCUT2D eigenvalue weighted by Gasteiger charge is -2.12. The maximum Gasteiger partial charge on any atom is 0.269 e. The molecule has 0 radical (unpaired) electrons. The predicted octanol–water partition coefficient (Wildman–Crippen LogP) is 3.88. The molecular formula is C27H27N3O5. The summed E-state index contributed by atoms with van der Waals surface area (Å²) < 4.78 is 11.2. The molecule has 3 aromatic rings. The topological polar surface area (TPSA) is 106 Å². The number of benzene rings is 3. The van der Waals surface area contributed by atoms with E-state index in [4.69, 9.17) is 9.47 Å². The molecule has 1 aliphatic heterocycles. The molecule has 0 aliphatic carbocycles. The molecule has 0 spiro atoms. The average Bonchev–Trinajstić information content (AvgIpc) is 3.40. The Labute approximate surface area is 203 Å². The molecule has 1 heterocycles. The Balaban J connectivity index is 1.24. The van der Waals surface area contributed by atoms with Crippen LogP contribution in [0.25, 0.3) is 0 Å². The van der Waals surface area contributed by atoms with Gasteiger partial charge in [-0.2, -0.15) is 0 Å². The molecular weight excluding hydrogens is 446 g/mol. The molecule has 0 aromatic heterocycles. The van der Waals surface area contributed by atoms with Gasteiger partial charge < -0.3 is 14.8 Å². The van der Waals surface area contributed by atoms with Crippen LogP contribution in [0.15, 0.2) is 72.8 Å². The summed E-state index contributed by atoms with van der Waals surface area (Å²) in [4.78, 5) is 37.1. The van der Waals surface area contributed by atoms with E-state index in [2.05, 4.69) is 16.2 Å². The first-order valence-corrected chi connectivity index (χ1v) is 11.4. The van der Waals surface area contributed by atoms with E-state index in [1.807, 2.05) is 19.1 Å². The second-order valence-electron chi connectivity index (χ2n) is 8.28. The number of hydrazine groups is 1. The van der Waals surface area contributed by atoms with Crippen LogP contribution in [0, 0.1) is 6.92 Å². The van der Waals surface area contributed by atoms with Crippen molar-refractivity contribution in [2.45, 2.75) is 25.9 Å². The van der Waals surface area contributed by atoms with Crippen molar-refractivity contribution in [1.29, 1.82) is 0 Å². The smallest absolute Gasteiger partial charge is 0.269 e. The highest BCUT2D eigenvalue weighted by Crippen LogP contribution is 2.17. The summed E-state index contributed by atoms with van der Waals surface area (Å²) in [7, 11) is 0. The second kappa shape index (κ2) is 11.3. The quantitative estimate of drug-likeness (QED) is 0.452. The normalized spacial score (nSPS) is 14.7. The van der Waals surface area contributed by atoms with Gasteiger partial charge in [0.15, 0.2) is 0 Å². The molecule has 35 heavy (non-hydrogen) atoms. The summed E-state index contributed by atoms with van der Waals surface area (Å²) in [6.07, 6.45) is 2.16. The number of carbonyl (C=O) groups excluding carboxylic acids is 3. The Morgan fingerprint density at radius 1 is 0.857 bits per heavy atom. The van der Waals surface area contributed by atoms with E-state index in [-0.39, 0.29) is 12.0 Å². The van der Waals surface area contributed by atoms with Gasteiger partial charge in [-0.1, -0.05) is 17.7 Å². The lowest BCUT2D eigenvalue weighted by molar-refractivity contribution is 0.0679. The van der Waals surface area contributed by atoms with Crippen LogP contribution in [0.3, 0.4) is 0 Å². The first-order chi connectivity index (χ1) is 17.0. The number of hydrogen-bond donors (Lipinski definition) is 3. The number of hydrogen-bond acceptors (Lipinski definition) is 5. The van der Waals surface area contributed by atoms with Crippen molar-refractivity contribution in [2.75, 3.05) is 18.5 Å². The molecule has 0 saturated carbocycles. The van der Waals surface area contributed by atoms with Gasteiger partial charge in [0.05, 0.1) is 6.10 Å². The van der Waals surface area contributed by atoms with Crippen LogP contribution < -0.4 is 20.9 Å². The first-order valence-electron chi connectivity index (χ1n) is 11.4. The molecule has 8 nitrogen and oxygen atoms in total. The fourth-order valence-electron chi connectivity index (χ4n) is 3.62.